The molecule has 0 bridgehead atoms. The minimum atomic E-state index is -0.907. The zero-order valence-corrected chi connectivity index (χ0v) is 15.2. The molecule has 0 spiro atoms. The van der Waals surface area contributed by atoms with Crippen LogP contribution in [0.5, 0.6) is 11.5 Å². The number of rotatable bonds is 6. The summed E-state index contributed by atoms with van der Waals surface area (Å²) >= 11 is 0. The Kier molecular flexibility index (Phi) is 4.97. The molecule has 0 saturated carbocycles. The lowest BCUT2D eigenvalue weighted by Gasteiger charge is -2.22. The minimum Gasteiger partial charge on any atom is -0.481 e. The van der Waals surface area contributed by atoms with Crippen LogP contribution in [-0.4, -0.2) is 34.5 Å². The van der Waals surface area contributed by atoms with Gasteiger partial charge in [0.15, 0.2) is 11.5 Å². The van der Waals surface area contributed by atoms with Gasteiger partial charge in [-0.3, -0.25) is 9.59 Å². The SMILES string of the molecule is O=C(O)CCCC(=O)N1N=C(c2ccccc2)C[C@H]1c1ccc2c(c1)OCO2. The molecule has 144 valence electrons. The van der Waals surface area contributed by atoms with Crippen LogP contribution >= 0.6 is 0 Å². The molecular formula is C21H20N2O5. The Labute approximate surface area is 162 Å². The van der Waals surface area contributed by atoms with Gasteiger partial charge in [0.25, 0.3) is 0 Å². The Morgan fingerprint density at radius 3 is 2.64 bits per heavy atom. The third-order valence-electron chi connectivity index (χ3n) is 4.84. The van der Waals surface area contributed by atoms with Gasteiger partial charge in [-0.05, 0) is 29.7 Å². The van der Waals surface area contributed by atoms with E-state index < -0.39 is 5.97 Å². The van der Waals surface area contributed by atoms with Gasteiger partial charge in [0.2, 0.25) is 12.7 Å². The van der Waals surface area contributed by atoms with E-state index in [1.165, 1.54) is 5.01 Å². The van der Waals surface area contributed by atoms with E-state index in [0.29, 0.717) is 17.9 Å². The number of aliphatic carboxylic acids is 1. The maximum atomic E-state index is 12.8. The Morgan fingerprint density at radius 2 is 1.86 bits per heavy atom. The molecule has 1 atom stereocenters. The summed E-state index contributed by atoms with van der Waals surface area (Å²) in [7, 11) is 0. The molecule has 28 heavy (non-hydrogen) atoms. The fraction of sp³-hybridized carbons (Fsp3) is 0.286. The van der Waals surface area contributed by atoms with Gasteiger partial charge in [-0.1, -0.05) is 36.4 Å². The van der Waals surface area contributed by atoms with E-state index in [2.05, 4.69) is 5.10 Å². The molecule has 2 aromatic carbocycles. The number of carboxylic acids is 1. The van der Waals surface area contributed by atoms with E-state index in [-0.39, 0.29) is 38.0 Å². The number of ether oxygens (including phenoxy) is 2. The van der Waals surface area contributed by atoms with Gasteiger partial charge in [0.1, 0.15) is 0 Å². The summed E-state index contributed by atoms with van der Waals surface area (Å²) in [4.78, 5) is 23.5. The highest BCUT2D eigenvalue weighted by Gasteiger charge is 2.33. The quantitative estimate of drug-likeness (QED) is 0.830. The molecule has 2 aliphatic heterocycles. The van der Waals surface area contributed by atoms with Gasteiger partial charge in [0.05, 0.1) is 11.8 Å². The van der Waals surface area contributed by atoms with Crippen molar-refractivity contribution in [1.82, 2.24) is 5.01 Å². The topological polar surface area (TPSA) is 88.4 Å². The number of hydrogen-bond donors (Lipinski definition) is 1. The second-order valence-corrected chi connectivity index (χ2v) is 6.73. The predicted molar refractivity (Wildman–Crippen MR) is 101 cm³/mol. The monoisotopic (exact) mass is 380 g/mol. The van der Waals surface area contributed by atoms with Crippen molar-refractivity contribution in [3.63, 3.8) is 0 Å². The molecule has 0 aliphatic carbocycles. The first-order chi connectivity index (χ1) is 13.6. The fourth-order valence-electron chi connectivity index (χ4n) is 3.43. The maximum absolute atomic E-state index is 12.8. The molecule has 7 nitrogen and oxygen atoms in total. The van der Waals surface area contributed by atoms with Crippen molar-refractivity contribution >= 4 is 17.6 Å². The van der Waals surface area contributed by atoms with Crippen molar-refractivity contribution in [2.24, 2.45) is 5.10 Å². The molecule has 0 saturated heterocycles. The van der Waals surface area contributed by atoms with Crippen LogP contribution in [0.1, 0.15) is 42.9 Å². The molecular weight excluding hydrogens is 360 g/mol. The maximum Gasteiger partial charge on any atom is 0.303 e. The second kappa shape index (κ2) is 7.72. The van der Waals surface area contributed by atoms with Crippen LogP contribution in [0.25, 0.3) is 0 Å². The summed E-state index contributed by atoms with van der Waals surface area (Å²) in [5.41, 5.74) is 2.70. The van der Waals surface area contributed by atoms with Crippen LogP contribution < -0.4 is 9.47 Å². The molecule has 4 rings (SSSR count). The van der Waals surface area contributed by atoms with Crippen molar-refractivity contribution in [1.29, 1.82) is 0 Å². The number of carbonyl (C=O) groups excluding carboxylic acids is 1. The van der Waals surface area contributed by atoms with E-state index in [4.69, 9.17) is 14.6 Å². The number of fused-ring (bicyclic) bond motifs is 1. The number of carbonyl (C=O) groups is 2. The normalized spacial score (nSPS) is 17.5. The third kappa shape index (κ3) is 3.69. The number of benzene rings is 2. The molecule has 0 radical (unpaired) electrons. The summed E-state index contributed by atoms with van der Waals surface area (Å²) in [5.74, 6) is 0.249. The summed E-state index contributed by atoms with van der Waals surface area (Å²) in [5, 5.41) is 14.9. The van der Waals surface area contributed by atoms with Gasteiger partial charge < -0.3 is 14.6 Å². The third-order valence-corrected chi connectivity index (χ3v) is 4.84. The van der Waals surface area contributed by atoms with Crippen LogP contribution in [0.2, 0.25) is 0 Å². The molecule has 0 aromatic heterocycles. The van der Waals surface area contributed by atoms with Gasteiger partial charge in [0, 0.05) is 19.3 Å². The van der Waals surface area contributed by atoms with Crippen LogP contribution in [0, 0.1) is 0 Å². The van der Waals surface area contributed by atoms with Crippen molar-refractivity contribution in [2.75, 3.05) is 6.79 Å². The lowest BCUT2D eigenvalue weighted by molar-refractivity contribution is -0.137. The smallest absolute Gasteiger partial charge is 0.303 e. The number of hydrazone groups is 1. The lowest BCUT2D eigenvalue weighted by Crippen LogP contribution is -2.27. The largest absolute Gasteiger partial charge is 0.481 e. The van der Waals surface area contributed by atoms with Crippen LogP contribution in [0.15, 0.2) is 53.6 Å². The average Bonchev–Trinajstić information content (AvgIpc) is 3.35. The highest BCUT2D eigenvalue weighted by Crippen LogP contribution is 2.39. The zero-order valence-electron chi connectivity index (χ0n) is 15.2. The number of nitrogens with zero attached hydrogens (tertiary/aromatic N) is 2. The molecule has 2 heterocycles. The lowest BCUT2D eigenvalue weighted by atomic mass is 9.98. The summed E-state index contributed by atoms with van der Waals surface area (Å²) in [6.45, 7) is 0.188. The second-order valence-electron chi connectivity index (χ2n) is 6.73. The molecule has 2 aliphatic rings. The molecule has 2 aromatic rings. The molecule has 7 heteroatoms. The molecule has 0 fully saturated rings. The van der Waals surface area contributed by atoms with Crippen molar-refractivity contribution in [3.05, 3.63) is 59.7 Å². The Bertz CT molecular complexity index is 926. The van der Waals surface area contributed by atoms with E-state index in [0.717, 1.165) is 16.8 Å². The van der Waals surface area contributed by atoms with E-state index in [9.17, 15) is 9.59 Å². The van der Waals surface area contributed by atoms with Crippen LogP contribution in [0.3, 0.4) is 0 Å². The van der Waals surface area contributed by atoms with Gasteiger partial charge in [-0.15, -0.1) is 0 Å². The highest BCUT2D eigenvalue weighted by molar-refractivity contribution is 6.03. The van der Waals surface area contributed by atoms with Crippen molar-refractivity contribution in [2.45, 2.75) is 31.7 Å². The zero-order chi connectivity index (χ0) is 19.5. The molecule has 1 N–H and O–H groups in total. The first-order valence-electron chi connectivity index (χ1n) is 9.18. The van der Waals surface area contributed by atoms with Gasteiger partial charge >= 0.3 is 5.97 Å². The first kappa shape index (κ1) is 18.0. The molecule has 1 amide bonds. The first-order valence-corrected chi connectivity index (χ1v) is 9.18. The van der Waals surface area contributed by atoms with E-state index >= 15 is 0 Å². The number of carboxylic acid groups (broad SMARTS) is 1. The van der Waals surface area contributed by atoms with Gasteiger partial charge in [-0.2, -0.15) is 5.10 Å². The summed E-state index contributed by atoms with van der Waals surface area (Å²) < 4.78 is 10.8. The van der Waals surface area contributed by atoms with Crippen LogP contribution in [-0.2, 0) is 9.59 Å². The van der Waals surface area contributed by atoms with Crippen molar-refractivity contribution in [3.8, 4) is 11.5 Å². The Hall–Kier alpha value is -3.35. The van der Waals surface area contributed by atoms with Crippen LogP contribution in [0.4, 0.5) is 0 Å². The van der Waals surface area contributed by atoms with Crippen molar-refractivity contribution < 1.29 is 24.2 Å². The minimum absolute atomic E-state index is 0.0382. The summed E-state index contributed by atoms with van der Waals surface area (Å²) in [6.07, 6.45) is 0.964. The average molecular weight is 380 g/mol. The predicted octanol–water partition coefficient (Wildman–Crippen LogP) is 3.35. The highest BCUT2D eigenvalue weighted by atomic mass is 16.7. The summed E-state index contributed by atoms with van der Waals surface area (Å²) in [6, 6.07) is 15.1. The van der Waals surface area contributed by atoms with E-state index in [1.807, 2.05) is 48.5 Å². The number of hydrogen-bond acceptors (Lipinski definition) is 5. The number of amides is 1. The van der Waals surface area contributed by atoms with E-state index in [1.54, 1.807) is 0 Å². The Morgan fingerprint density at radius 1 is 1.07 bits per heavy atom. The standard InChI is InChI=1S/C21H20N2O5/c24-20(7-4-8-21(25)26)23-17(12-16(22-23)14-5-2-1-3-6-14)15-9-10-18-19(11-15)28-13-27-18/h1-3,5-6,9-11,17H,4,7-8,12-13H2,(H,25,26)/t17-/m0/s1. The fourth-order valence-corrected chi connectivity index (χ4v) is 3.43. The molecule has 0 unspecified atom stereocenters. The Balaban J connectivity index is 1.60. The van der Waals surface area contributed by atoms with Gasteiger partial charge in [-0.25, -0.2) is 5.01 Å².